The Balaban J connectivity index is 0.000000791. The van der Waals surface area contributed by atoms with Gasteiger partial charge in [0.15, 0.2) is 0 Å². The quantitative estimate of drug-likeness (QED) is 0.621. The first-order valence-corrected chi connectivity index (χ1v) is 5.18. The molecule has 0 amide bonds. The Morgan fingerprint density at radius 1 is 1.36 bits per heavy atom. The summed E-state index contributed by atoms with van der Waals surface area (Å²) in [5.74, 6) is 0. The Kier molecular flexibility index (Phi) is 7.42. The Morgan fingerprint density at radius 3 is 2.57 bits per heavy atom. The van der Waals surface area contributed by atoms with Crippen molar-refractivity contribution in [1.29, 1.82) is 0 Å². The van der Waals surface area contributed by atoms with Gasteiger partial charge in [-0.25, -0.2) is 0 Å². The van der Waals surface area contributed by atoms with Crippen molar-refractivity contribution in [1.82, 2.24) is 9.80 Å². The molecule has 84 valence electrons. The Morgan fingerprint density at radius 2 is 2.00 bits per heavy atom. The highest BCUT2D eigenvalue weighted by molar-refractivity contribution is 5.36. The normalized spacial score (nSPS) is 23.6. The second-order valence-corrected chi connectivity index (χ2v) is 3.33. The fourth-order valence-electron chi connectivity index (χ4n) is 1.43. The molecule has 14 heavy (non-hydrogen) atoms. The first-order valence-electron chi connectivity index (χ1n) is 5.18. The molecular formula is C10H22N2O2. The predicted molar refractivity (Wildman–Crippen MR) is 57.3 cm³/mol. The van der Waals surface area contributed by atoms with E-state index in [4.69, 9.17) is 4.74 Å². The molecule has 0 bridgehead atoms. The fourth-order valence-corrected chi connectivity index (χ4v) is 1.43. The minimum atomic E-state index is 0.356. The monoisotopic (exact) mass is 202 g/mol. The topological polar surface area (TPSA) is 32.8 Å². The molecule has 1 aliphatic rings. The van der Waals surface area contributed by atoms with E-state index in [0.29, 0.717) is 19.1 Å². The second-order valence-electron chi connectivity index (χ2n) is 3.33. The third-order valence-corrected chi connectivity index (χ3v) is 2.34. The molecule has 0 saturated carbocycles. The molecule has 1 fully saturated rings. The number of carbonyl (C=O) groups is 1. The van der Waals surface area contributed by atoms with Gasteiger partial charge in [-0.3, -0.25) is 9.69 Å². The van der Waals surface area contributed by atoms with Crippen LogP contribution in [0, 0.1) is 0 Å². The molecule has 0 N–H and O–H groups in total. The van der Waals surface area contributed by atoms with E-state index in [1.165, 1.54) is 0 Å². The van der Waals surface area contributed by atoms with Crippen molar-refractivity contribution >= 4 is 6.47 Å². The third-order valence-electron chi connectivity index (χ3n) is 2.34. The van der Waals surface area contributed by atoms with Gasteiger partial charge in [0.05, 0.1) is 6.04 Å². The van der Waals surface area contributed by atoms with Crippen molar-refractivity contribution in [3.05, 3.63) is 0 Å². The van der Waals surface area contributed by atoms with Gasteiger partial charge in [-0.2, -0.15) is 0 Å². The molecular weight excluding hydrogens is 180 g/mol. The molecule has 0 aromatic rings. The second kappa shape index (κ2) is 7.76. The molecule has 0 radical (unpaired) electrons. The van der Waals surface area contributed by atoms with Crippen molar-refractivity contribution in [2.24, 2.45) is 0 Å². The van der Waals surface area contributed by atoms with Gasteiger partial charge in [0.25, 0.3) is 6.47 Å². The van der Waals surface area contributed by atoms with Crippen LogP contribution in [0.1, 0.15) is 13.8 Å². The standard InChI is InChI=1S/C8H16N2O2.C2H6/c1-9-3-4-10(2)8(5-9)6-12-7-11;1-2/h7-8H,3-6H2,1-2H3;1-2H3. The summed E-state index contributed by atoms with van der Waals surface area (Å²) in [4.78, 5) is 14.5. The Labute approximate surface area is 86.8 Å². The molecule has 1 aliphatic heterocycles. The van der Waals surface area contributed by atoms with Crippen molar-refractivity contribution < 1.29 is 9.53 Å². The number of piperazine rings is 1. The van der Waals surface area contributed by atoms with Crippen LogP contribution in [0.4, 0.5) is 0 Å². The van der Waals surface area contributed by atoms with Crippen molar-refractivity contribution in [2.75, 3.05) is 40.3 Å². The fraction of sp³-hybridized carbons (Fsp3) is 0.900. The number of ether oxygens (including phenoxy) is 1. The molecule has 1 atom stereocenters. The first-order chi connectivity index (χ1) is 6.74. The summed E-state index contributed by atoms with van der Waals surface area (Å²) < 4.78 is 4.74. The zero-order valence-corrected chi connectivity index (χ0v) is 9.69. The molecule has 1 saturated heterocycles. The molecule has 0 aliphatic carbocycles. The number of rotatable bonds is 3. The lowest BCUT2D eigenvalue weighted by molar-refractivity contribution is -0.130. The van der Waals surface area contributed by atoms with Gasteiger partial charge >= 0.3 is 0 Å². The molecule has 4 nitrogen and oxygen atoms in total. The molecule has 0 spiro atoms. The summed E-state index contributed by atoms with van der Waals surface area (Å²) in [6.45, 7) is 8.13. The van der Waals surface area contributed by atoms with Crippen molar-refractivity contribution in [3.63, 3.8) is 0 Å². The molecule has 4 heteroatoms. The highest BCUT2D eigenvalue weighted by atomic mass is 16.5. The number of nitrogens with zero attached hydrogens (tertiary/aromatic N) is 2. The lowest BCUT2D eigenvalue weighted by Crippen LogP contribution is -2.51. The highest BCUT2D eigenvalue weighted by Gasteiger charge is 2.21. The maximum Gasteiger partial charge on any atom is 0.293 e. The van der Waals surface area contributed by atoms with Crippen LogP contribution < -0.4 is 0 Å². The van der Waals surface area contributed by atoms with Crippen LogP contribution in [-0.2, 0) is 9.53 Å². The molecule has 0 aromatic carbocycles. The van der Waals surface area contributed by atoms with E-state index in [9.17, 15) is 4.79 Å². The number of likely N-dealkylation sites (N-methyl/N-ethyl adjacent to an activating group) is 2. The van der Waals surface area contributed by atoms with Crippen LogP contribution in [0.25, 0.3) is 0 Å². The van der Waals surface area contributed by atoms with Crippen LogP contribution in [0.5, 0.6) is 0 Å². The first kappa shape index (κ1) is 13.4. The van der Waals surface area contributed by atoms with Gasteiger partial charge in [0.1, 0.15) is 6.61 Å². The lowest BCUT2D eigenvalue weighted by atomic mass is 10.2. The van der Waals surface area contributed by atoms with Crippen LogP contribution in [0.3, 0.4) is 0 Å². The lowest BCUT2D eigenvalue weighted by Gasteiger charge is -2.36. The molecule has 1 unspecified atom stereocenters. The third kappa shape index (κ3) is 4.58. The maximum absolute atomic E-state index is 9.98. The van der Waals surface area contributed by atoms with Gasteiger partial charge in [0.2, 0.25) is 0 Å². The summed E-state index contributed by atoms with van der Waals surface area (Å²) in [5.41, 5.74) is 0. The zero-order valence-electron chi connectivity index (χ0n) is 9.69. The molecule has 0 aromatic heterocycles. The minimum absolute atomic E-state index is 0.356. The zero-order chi connectivity index (χ0) is 11.0. The smallest absolute Gasteiger partial charge is 0.293 e. The van der Waals surface area contributed by atoms with Crippen LogP contribution in [0.15, 0.2) is 0 Å². The summed E-state index contributed by atoms with van der Waals surface area (Å²) >= 11 is 0. The van der Waals surface area contributed by atoms with E-state index in [1.807, 2.05) is 13.8 Å². The van der Waals surface area contributed by atoms with E-state index >= 15 is 0 Å². The average molecular weight is 202 g/mol. The van der Waals surface area contributed by atoms with Crippen LogP contribution >= 0.6 is 0 Å². The van der Waals surface area contributed by atoms with Gasteiger partial charge in [-0.15, -0.1) is 0 Å². The minimum Gasteiger partial charge on any atom is -0.466 e. The van der Waals surface area contributed by atoms with Gasteiger partial charge < -0.3 is 9.64 Å². The van der Waals surface area contributed by atoms with Gasteiger partial charge in [-0.1, -0.05) is 13.8 Å². The maximum atomic E-state index is 9.98. The van der Waals surface area contributed by atoms with Crippen molar-refractivity contribution in [3.8, 4) is 0 Å². The van der Waals surface area contributed by atoms with Crippen LogP contribution in [0.2, 0.25) is 0 Å². The summed E-state index contributed by atoms with van der Waals surface area (Å²) in [7, 11) is 4.15. The van der Waals surface area contributed by atoms with E-state index in [1.54, 1.807) is 0 Å². The summed E-state index contributed by atoms with van der Waals surface area (Å²) in [6.07, 6.45) is 0. The van der Waals surface area contributed by atoms with E-state index < -0.39 is 0 Å². The Bertz CT molecular complexity index is 153. The number of hydrogen-bond donors (Lipinski definition) is 0. The van der Waals surface area contributed by atoms with Crippen molar-refractivity contribution in [2.45, 2.75) is 19.9 Å². The largest absolute Gasteiger partial charge is 0.466 e. The number of hydrogen-bond acceptors (Lipinski definition) is 4. The summed E-state index contributed by atoms with van der Waals surface area (Å²) in [6, 6.07) is 0.356. The molecule has 1 rings (SSSR count). The van der Waals surface area contributed by atoms with Crippen LogP contribution in [-0.4, -0.2) is 62.7 Å². The molecule has 1 heterocycles. The van der Waals surface area contributed by atoms with E-state index in [0.717, 1.165) is 19.6 Å². The predicted octanol–water partition coefficient (Wildman–Crippen LogP) is 0.431. The van der Waals surface area contributed by atoms with Gasteiger partial charge in [0, 0.05) is 19.6 Å². The highest BCUT2D eigenvalue weighted by Crippen LogP contribution is 2.05. The van der Waals surface area contributed by atoms with E-state index in [2.05, 4.69) is 23.9 Å². The van der Waals surface area contributed by atoms with E-state index in [-0.39, 0.29) is 0 Å². The summed E-state index contributed by atoms with van der Waals surface area (Å²) in [5, 5.41) is 0. The average Bonchev–Trinajstić information content (AvgIpc) is 2.22. The number of carbonyl (C=O) groups excluding carboxylic acids is 1. The Hall–Kier alpha value is -0.610. The SMILES string of the molecule is CC.CN1CCN(C)C(COC=O)C1. The van der Waals surface area contributed by atoms with Gasteiger partial charge in [-0.05, 0) is 14.1 Å².